The number of amides is 1. The smallest absolute Gasteiger partial charge is 0.235 e. The number of rotatable bonds is 2. The minimum Gasteiger partial charge on any atom is -0.504 e. The summed E-state index contributed by atoms with van der Waals surface area (Å²) in [5, 5.41) is 16.8. The highest BCUT2D eigenvalue weighted by Crippen LogP contribution is 2.43. The molecule has 0 spiro atoms. The number of ether oxygens (including phenoxy) is 1. The molecular weight excluding hydrogens is 290 g/mol. The lowest BCUT2D eigenvalue weighted by Gasteiger charge is -2.15. The van der Waals surface area contributed by atoms with E-state index < -0.39 is 0 Å². The van der Waals surface area contributed by atoms with Gasteiger partial charge in [-0.2, -0.15) is 5.10 Å². The molecule has 0 radical (unpaired) electrons. The van der Waals surface area contributed by atoms with Gasteiger partial charge in [-0.1, -0.05) is 6.07 Å². The Balaban J connectivity index is 2.07. The number of fused-ring (bicyclic) bond motifs is 1. The van der Waals surface area contributed by atoms with Crippen LogP contribution >= 0.6 is 11.8 Å². The second-order valence-electron chi connectivity index (χ2n) is 4.74. The van der Waals surface area contributed by atoms with E-state index >= 15 is 0 Å². The van der Waals surface area contributed by atoms with Crippen LogP contribution in [0, 0.1) is 0 Å². The molecule has 1 atom stereocenters. The van der Waals surface area contributed by atoms with Crippen LogP contribution < -0.4 is 10.1 Å². The molecule has 2 N–H and O–H groups in total. The fourth-order valence-electron chi connectivity index (χ4n) is 2.35. The van der Waals surface area contributed by atoms with Gasteiger partial charge in [-0.15, -0.1) is 11.8 Å². The number of hydrogen-bond acceptors (Lipinski definition) is 5. The maximum atomic E-state index is 11.8. The van der Waals surface area contributed by atoms with Crippen molar-refractivity contribution in [2.24, 2.45) is 7.05 Å². The van der Waals surface area contributed by atoms with Crippen LogP contribution in [0.15, 0.2) is 24.4 Å². The number of methoxy groups -OCH3 is 1. The zero-order chi connectivity index (χ0) is 15.0. The zero-order valence-corrected chi connectivity index (χ0v) is 12.5. The molecular formula is C14H15N3O3S. The summed E-state index contributed by atoms with van der Waals surface area (Å²) in [6, 6.07) is 5.23. The first-order valence-electron chi connectivity index (χ1n) is 6.40. The Hall–Kier alpha value is -2.15. The number of benzene rings is 1. The molecule has 1 amide bonds. The molecule has 0 saturated heterocycles. The highest BCUT2D eigenvalue weighted by molar-refractivity contribution is 8.00. The van der Waals surface area contributed by atoms with Crippen LogP contribution in [0.25, 0.3) is 0 Å². The van der Waals surface area contributed by atoms with Crippen LogP contribution in [-0.2, 0) is 11.8 Å². The average Bonchev–Trinajstić information content (AvgIpc) is 2.73. The van der Waals surface area contributed by atoms with E-state index in [-0.39, 0.29) is 16.9 Å². The van der Waals surface area contributed by atoms with Crippen molar-refractivity contribution in [1.29, 1.82) is 0 Å². The van der Waals surface area contributed by atoms with Crippen LogP contribution in [0.3, 0.4) is 0 Å². The van der Waals surface area contributed by atoms with Gasteiger partial charge in [-0.05, 0) is 17.7 Å². The van der Waals surface area contributed by atoms with Crippen molar-refractivity contribution in [3.05, 3.63) is 35.5 Å². The summed E-state index contributed by atoms with van der Waals surface area (Å²) in [6.45, 7) is 0. The number of carbonyl (C=O) groups excluding carboxylic acids is 1. The first kappa shape index (κ1) is 13.8. The normalized spacial score (nSPS) is 17.8. The number of anilines is 1. The summed E-state index contributed by atoms with van der Waals surface area (Å²) < 4.78 is 6.82. The van der Waals surface area contributed by atoms with Gasteiger partial charge in [0.15, 0.2) is 11.5 Å². The van der Waals surface area contributed by atoms with E-state index in [2.05, 4.69) is 10.4 Å². The number of thioether (sulfide) groups is 1. The number of carbonyl (C=O) groups is 1. The first-order valence-corrected chi connectivity index (χ1v) is 7.45. The number of phenolic OH excluding ortho intramolecular Hbond substituents is 1. The molecule has 0 unspecified atom stereocenters. The summed E-state index contributed by atoms with van der Waals surface area (Å²) in [5.41, 5.74) is 1.90. The Bertz CT molecular complexity index is 699. The lowest BCUT2D eigenvalue weighted by Crippen LogP contribution is -2.15. The Morgan fingerprint density at radius 2 is 2.33 bits per heavy atom. The van der Waals surface area contributed by atoms with E-state index in [1.54, 1.807) is 30.1 Å². The fourth-order valence-corrected chi connectivity index (χ4v) is 3.43. The van der Waals surface area contributed by atoms with Gasteiger partial charge < -0.3 is 15.2 Å². The predicted octanol–water partition coefficient (Wildman–Crippen LogP) is 1.91. The summed E-state index contributed by atoms with van der Waals surface area (Å²) >= 11 is 1.52. The van der Waals surface area contributed by atoms with Crippen LogP contribution in [0.1, 0.15) is 16.4 Å². The lowest BCUT2D eigenvalue weighted by atomic mass is 10.1. The molecule has 21 heavy (non-hydrogen) atoms. The molecule has 3 rings (SSSR count). The van der Waals surface area contributed by atoms with E-state index in [4.69, 9.17) is 4.74 Å². The third-order valence-electron chi connectivity index (χ3n) is 3.39. The molecule has 0 bridgehead atoms. The monoisotopic (exact) mass is 305 g/mol. The average molecular weight is 305 g/mol. The molecule has 2 aromatic rings. The third kappa shape index (κ3) is 2.44. The summed E-state index contributed by atoms with van der Waals surface area (Å²) in [6.07, 6.45) is 1.76. The van der Waals surface area contributed by atoms with E-state index in [1.807, 2.05) is 6.07 Å². The Morgan fingerprint density at radius 1 is 1.52 bits per heavy atom. The van der Waals surface area contributed by atoms with E-state index in [0.717, 1.165) is 11.1 Å². The Kier molecular flexibility index (Phi) is 3.50. The number of aromatic hydroxyl groups is 1. The van der Waals surface area contributed by atoms with Crippen molar-refractivity contribution in [2.75, 3.05) is 18.2 Å². The van der Waals surface area contributed by atoms with Gasteiger partial charge in [0.25, 0.3) is 0 Å². The van der Waals surface area contributed by atoms with Gasteiger partial charge in [-0.3, -0.25) is 9.48 Å². The zero-order valence-electron chi connectivity index (χ0n) is 11.7. The number of aryl methyl sites for hydroxylation is 1. The van der Waals surface area contributed by atoms with Crippen LogP contribution in [0.5, 0.6) is 11.5 Å². The van der Waals surface area contributed by atoms with E-state index in [0.29, 0.717) is 17.3 Å². The van der Waals surface area contributed by atoms with Gasteiger partial charge in [0.2, 0.25) is 5.91 Å². The van der Waals surface area contributed by atoms with E-state index in [1.165, 1.54) is 18.9 Å². The lowest BCUT2D eigenvalue weighted by molar-refractivity contribution is -0.113. The highest BCUT2D eigenvalue weighted by Gasteiger charge is 2.27. The SMILES string of the molecule is COc1cc([C@@H]2SCC(=O)Nc3c2cnn3C)ccc1O. The fraction of sp³-hybridized carbons (Fsp3) is 0.286. The molecule has 110 valence electrons. The third-order valence-corrected chi connectivity index (χ3v) is 4.68. The largest absolute Gasteiger partial charge is 0.504 e. The van der Waals surface area contributed by atoms with Crippen molar-refractivity contribution < 1.29 is 14.6 Å². The molecule has 1 aromatic heterocycles. The number of nitrogens with one attached hydrogen (secondary N) is 1. The standard InChI is InChI=1S/C14H15N3O3S/c1-17-14-9(6-15-17)13(21-7-12(19)16-14)8-3-4-10(18)11(5-8)20-2/h3-6,13,18H,7H2,1-2H3,(H,16,19)/t13-/m0/s1. The molecule has 2 heterocycles. The van der Waals surface area contributed by atoms with Gasteiger partial charge in [0, 0.05) is 12.6 Å². The van der Waals surface area contributed by atoms with Crippen LogP contribution in [0.4, 0.5) is 5.82 Å². The molecule has 0 aliphatic carbocycles. The highest BCUT2D eigenvalue weighted by atomic mass is 32.2. The van der Waals surface area contributed by atoms with Crippen LogP contribution in [-0.4, -0.2) is 33.7 Å². The van der Waals surface area contributed by atoms with Gasteiger partial charge in [0.1, 0.15) is 5.82 Å². The molecule has 6 nitrogen and oxygen atoms in total. The van der Waals surface area contributed by atoms with Crippen LogP contribution in [0.2, 0.25) is 0 Å². The maximum Gasteiger partial charge on any atom is 0.235 e. The second-order valence-corrected chi connectivity index (χ2v) is 5.84. The minimum absolute atomic E-state index is 0.0397. The molecule has 0 saturated carbocycles. The molecule has 1 aromatic carbocycles. The Morgan fingerprint density at radius 3 is 3.10 bits per heavy atom. The topological polar surface area (TPSA) is 76.4 Å². The molecule has 0 fully saturated rings. The van der Waals surface area contributed by atoms with Crippen molar-refractivity contribution in [2.45, 2.75) is 5.25 Å². The van der Waals surface area contributed by atoms with Crippen molar-refractivity contribution in [3.8, 4) is 11.5 Å². The van der Waals surface area contributed by atoms with Gasteiger partial charge >= 0.3 is 0 Å². The number of hydrogen-bond donors (Lipinski definition) is 2. The summed E-state index contributed by atoms with van der Waals surface area (Å²) in [5.74, 6) is 1.55. The van der Waals surface area contributed by atoms with Crippen molar-refractivity contribution >= 4 is 23.5 Å². The number of phenols is 1. The van der Waals surface area contributed by atoms with E-state index in [9.17, 15) is 9.90 Å². The van der Waals surface area contributed by atoms with Crippen molar-refractivity contribution in [1.82, 2.24) is 9.78 Å². The van der Waals surface area contributed by atoms with Gasteiger partial charge in [-0.25, -0.2) is 0 Å². The Labute approximate surface area is 126 Å². The number of aromatic nitrogens is 2. The molecule has 1 aliphatic rings. The summed E-state index contributed by atoms with van der Waals surface area (Å²) in [4.78, 5) is 11.8. The molecule has 1 aliphatic heterocycles. The number of nitrogens with zero attached hydrogens (tertiary/aromatic N) is 2. The predicted molar refractivity (Wildman–Crippen MR) is 80.8 cm³/mol. The molecule has 7 heteroatoms. The van der Waals surface area contributed by atoms with Crippen molar-refractivity contribution in [3.63, 3.8) is 0 Å². The quantitative estimate of drug-likeness (QED) is 0.886. The second kappa shape index (κ2) is 5.33. The summed E-state index contributed by atoms with van der Waals surface area (Å²) in [7, 11) is 3.31. The maximum absolute atomic E-state index is 11.8. The minimum atomic E-state index is -0.0434. The van der Waals surface area contributed by atoms with Gasteiger partial charge in [0.05, 0.1) is 24.3 Å². The first-order chi connectivity index (χ1) is 10.1.